The molecule has 0 aliphatic heterocycles. The largest absolute Gasteiger partial charge is 0.493 e. The zero-order valence-electron chi connectivity index (χ0n) is 15.0. The highest BCUT2D eigenvalue weighted by atomic mass is 16.5. The summed E-state index contributed by atoms with van der Waals surface area (Å²) in [5, 5.41) is 8.94. The Labute approximate surface area is 159 Å². The van der Waals surface area contributed by atoms with Gasteiger partial charge in [0.25, 0.3) is 0 Å². The molecule has 0 unspecified atom stereocenters. The molecule has 27 heavy (non-hydrogen) atoms. The molecule has 136 valence electrons. The quantitative estimate of drug-likeness (QED) is 0.597. The Balaban J connectivity index is 1.57. The van der Waals surface area contributed by atoms with Gasteiger partial charge in [0, 0.05) is 6.42 Å². The molecule has 3 aromatic carbocycles. The van der Waals surface area contributed by atoms with Crippen LogP contribution in [-0.4, -0.2) is 17.7 Å². The highest BCUT2D eigenvalue weighted by Crippen LogP contribution is 2.20. The molecule has 0 amide bonds. The van der Waals surface area contributed by atoms with Gasteiger partial charge >= 0.3 is 5.97 Å². The molecule has 0 atom stereocenters. The second-order valence-electron chi connectivity index (χ2n) is 6.23. The summed E-state index contributed by atoms with van der Waals surface area (Å²) in [6, 6.07) is 25.2. The van der Waals surface area contributed by atoms with Crippen molar-refractivity contribution in [1.82, 2.24) is 0 Å². The molecule has 0 heterocycles. The van der Waals surface area contributed by atoms with E-state index in [1.165, 1.54) is 5.56 Å². The molecule has 0 aliphatic carbocycles. The normalized spacial score (nSPS) is 10.8. The van der Waals surface area contributed by atoms with Crippen molar-refractivity contribution >= 4 is 12.0 Å². The molecular formula is C24H22O3. The lowest BCUT2D eigenvalue weighted by Gasteiger charge is -2.10. The van der Waals surface area contributed by atoms with Crippen LogP contribution in [0.1, 0.15) is 27.0 Å². The van der Waals surface area contributed by atoms with E-state index in [1.807, 2.05) is 54.6 Å². The Kier molecular flexibility index (Phi) is 6.42. The van der Waals surface area contributed by atoms with Crippen molar-refractivity contribution in [3.05, 3.63) is 107 Å². The molecular weight excluding hydrogens is 336 g/mol. The first kappa shape index (κ1) is 18.5. The zero-order chi connectivity index (χ0) is 18.9. The zero-order valence-corrected chi connectivity index (χ0v) is 15.0. The lowest BCUT2D eigenvalue weighted by molar-refractivity contribution is 0.0697. The van der Waals surface area contributed by atoms with Gasteiger partial charge in [0.1, 0.15) is 5.75 Å². The van der Waals surface area contributed by atoms with Crippen LogP contribution < -0.4 is 4.74 Å². The smallest absolute Gasteiger partial charge is 0.335 e. The monoisotopic (exact) mass is 358 g/mol. The first-order chi connectivity index (χ1) is 13.2. The number of aromatic carboxylic acids is 1. The first-order valence-corrected chi connectivity index (χ1v) is 8.97. The number of carboxylic acid groups (broad SMARTS) is 1. The molecule has 0 aliphatic rings. The van der Waals surface area contributed by atoms with Crippen LogP contribution in [-0.2, 0) is 12.8 Å². The minimum Gasteiger partial charge on any atom is -0.493 e. The van der Waals surface area contributed by atoms with Crippen molar-refractivity contribution in [2.75, 3.05) is 6.61 Å². The lowest BCUT2D eigenvalue weighted by atomic mass is 10.1. The van der Waals surface area contributed by atoms with Gasteiger partial charge < -0.3 is 9.84 Å². The molecule has 3 rings (SSSR count). The molecule has 0 fully saturated rings. The molecule has 0 spiro atoms. The summed E-state index contributed by atoms with van der Waals surface area (Å²) in [7, 11) is 0. The minimum atomic E-state index is -0.910. The number of para-hydroxylation sites is 1. The van der Waals surface area contributed by atoms with Gasteiger partial charge in [-0.25, -0.2) is 4.79 Å². The second kappa shape index (κ2) is 9.39. The summed E-state index contributed by atoms with van der Waals surface area (Å²) in [5.41, 5.74) is 3.66. The second-order valence-corrected chi connectivity index (χ2v) is 6.23. The van der Waals surface area contributed by atoms with Gasteiger partial charge in [-0.05, 0) is 41.3 Å². The number of carboxylic acids is 1. The van der Waals surface area contributed by atoms with Gasteiger partial charge in [0.2, 0.25) is 0 Å². The van der Waals surface area contributed by atoms with E-state index >= 15 is 0 Å². The van der Waals surface area contributed by atoms with Gasteiger partial charge in [-0.15, -0.1) is 0 Å². The number of carbonyl (C=O) groups is 1. The maximum Gasteiger partial charge on any atom is 0.335 e. The van der Waals surface area contributed by atoms with E-state index in [9.17, 15) is 4.79 Å². The molecule has 3 heteroatoms. The van der Waals surface area contributed by atoms with E-state index in [2.05, 4.69) is 24.3 Å². The summed E-state index contributed by atoms with van der Waals surface area (Å²) in [6.07, 6.45) is 5.69. The number of ether oxygens (including phenoxy) is 1. The molecule has 3 aromatic rings. The van der Waals surface area contributed by atoms with E-state index in [4.69, 9.17) is 9.84 Å². The summed E-state index contributed by atoms with van der Waals surface area (Å²) < 4.78 is 5.99. The average molecular weight is 358 g/mol. The number of hydrogen-bond donors (Lipinski definition) is 1. The predicted molar refractivity (Wildman–Crippen MR) is 108 cm³/mol. The van der Waals surface area contributed by atoms with Gasteiger partial charge in [0.05, 0.1) is 12.2 Å². The topological polar surface area (TPSA) is 46.5 Å². The van der Waals surface area contributed by atoms with Crippen LogP contribution in [0.3, 0.4) is 0 Å². The van der Waals surface area contributed by atoms with Crippen molar-refractivity contribution in [2.45, 2.75) is 12.8 Å². The van der Waals surface area contributed by atoms with Crippen LogP contribution in [0.25, 0.3) is 6.08 Å². The van der Waals surface area contributed by atoms with Crippen molar-refractivity contribution in [3.8, 4) is 5.75 Å². The van der Waals surface area contributed by atoms with Crippen LogP contribution >= 0.6 is 0 Å². The van der Waals surface area contributed by atoms with Crippen molar-refractivity contribution in [2.24, 2.45) is 0 Å². The van der Waals surface area contributed by atoms with E-state index in [0.717, 1.165) is 29.7 Å². The van der Waals surface area contributed by atoms with Crippen molar-refractivity contribution in [1.29, 1.82) is 0 Å². The Hall–Kier alpha value is -3.33. The third-order valence-electron chi connectivity index (χ3n) is 4.27. The SMILES string of the molecule is O=C(O)c1ccc(/C=C/Cc2ccccc2OCCc2ccccc2)cc1. The average Bonchev–Trinajstić information content (AvgIpc) is 2.70. The number of benzene rings is 3. The highest BCUT2D eigenvalue weighted by molar-refractivity contribution is 5.87. The maximum absolute atomic E-state index is 10.9. The van der Waals surface area contributed by atoms with E-state index in [0.29, 0.717) is 12.2 Å². The third-order valence-corrected chi connectivity index (χ3v) is 4.27. The maximum atomic E-state index is 10.9. The highest BCUT2D eigenvalue weighted by Gasteiger charge is 2.03. The molecule has 0 saturated carbocycles. The Morgan fingerprint density at radius 1 is 0.889 bits per heavy atom. The summed E-state index contributed by atoms with van der Waals surface area (Å²) in [4.78, 5) is 10.9. The lowest BCUT2D eigenvalue weighted by Crippen LogP contribution is -2.03. The van der Waals surface area contributed by atoms with E-state index in [-0.39, 0.29) is 0 Å². The Morgan fingerprint density at radius 2 is 1.59 bits per heavy atom. The van der Waals surface area contributed by atoms with Crippen molar-refractivity contribution in [3.63, 3.8) is 0 Å². The summed E-state index contributed by atoms with van der Waals surface area (Å²) in [6.45, 7) is 0.640. The van der Waals surface area contributed by atoms with E-state index in [1.54, 1.807) is 12.1 Å². The summed E-state index contributed by atoms with van der Waals surface area (Å²) in [5.74, 6) is -0.00795. The van der Waals surface area contributed by atoms with Crippen LogP contribution in [0.4, 0.5) is 0 Å². The molecule has 0 aromatic heterocycles. The van der Waals surface area contributed by atoms with Gasteiger partial charge in [0.15, 0.2) is 0 Å². The summed E-state index contributed by atoms with van der Waals surface area (Å²) >= 11 is 0. The van der Waals surface area contributed by atoms with Gasteiger partial charge in [-0.1, -0.05) is 72.8 Å². The molecule has 3 nitrogen and oxygen atoms in total. The van der Waals surface area contributed by atoms with Crippen molar-refractivity contribution < 1.29 is 14.6 Å². The molecule has 0 radical (unpaired) electrons. The molecule has 1 N–H and O–H groups in total. The molecule has 0 saturated heterocycles. The molecule has 0 bridgehead atoms. The predicted octanol–water partition coefficient (Wildman–Crippen LogP) is 5.26. The van der Waals surface area contributed by atoms with Crippen LogP contribution in [0.15, 0.2) is 84.9 Å². The number of allylic oxidation sites excluding steroid dienone is 1. The fourth-order valence-electron chi connectivity index (χ4n) is 2.80. The van der Waals surface area contributed by atoms with Crippen LogP contribution in [0.2, 0.25) is 0 Å². The van der Waals surface area contributed by atoms with Gasteiger partial charge in [-0.2, -0.15) is 0 Å². The third kappa shape index (κ3) is 5.58. The number of hydrogen-bond acceptors (Lipinski definition) is 2. The first-order valence-electron chi connectivity index (χ1n) is 8.97. The van der Waals surface area contributed by atoms with Gasteiger partial charge in [-0.3, -0.25) is 0 Å². The fourth-order valence-corrected chi connectivity index (χ4v) is 2.80. The Morgan fingerprint density at radius 3 is 2.33 bits per heavy atom. The number of rotatable bonds is 8. The van der Waals surface area contributed by atoms with Crippen LogP contribution in [0, 0.1) is 0 Å². The fraction of sp³-hybridized carbons (Fsp3) is 0.125. The Bertz CT molecular complexity index is 896. The standard InChI is InChI=1S/C24H22O3/c25-24(26)22-15-13-20(14-16-22)9-6-11-21-10-4-5-12-23(21)27-18-17-19-7-2-1-3-8-19/h1-10,12-16H,11,17-18H2,(H,25,26)/b9-6+. The van der Waals surface area contributed by atoms with Crippen LogP contribution in [0.5, 0.6) is 5.75 Å². The minimum absolute atomic E-state index is 0.296. The van der Waals surface area contributed by atoms with E-state index < -0.39 is 5.97 Å².